The van der Waals surface area contributed by atoms with E-state index in [-0.39, 0.29) is 0 Å². The van der Waals surface area contributed by atoms with Crippen molar-refractivity contribution in [2.45, 2.75) is 25.2 Å². The largest absolute Gasteiger partial charge is 0.445 e. The number of hydrogen-bond donors (Lipinski definition) is 0. The molecule has 0 aliphatic carbocycles. The fourth-order valence-corrected chi connectivity index (χ4v) is 1.07. The molecule has 2 atom stereocenters. The summed E-state index contributed by atoms with van der Waals surface area (Å²) in [5, 5.41) is 0. The molecule has 0 aromatic carbocycles. The maximum atomic E-state index is 12.2. The van der Waals surface area contributed by atoms with E-state index in [0.717, 1.165) is 6.92 Å². The van der Waals surface area contributed by atoms with Crippen LogP contribution in [-0.4, -0.2) is 24.3 Å². The molecule has 9 heteroatoms. The van der Waals surface area contributed by atoms with Gasteiger partial charge in [-0.3, -0.25) is 0 Å². The molecule has 80 valence electrons. The predicted octanol–water partition coefficient (Wildman–Crippen LogP) is 3.44. The summed E-state index contributed by atoms with van der Waals surface area (Å²) in [5.74, 6) is 0. The van der Waals surface area contributed by atoms with Gasteiger partial charge in [-0.25, -0.2) is 4.39 Å². The number of halogens is 7. The Kier molecular flexibility index (Phi) is 4.79. The van der Waals surface area contributed by atoms with Gasteiger partial charge in [0.2, 0.25) is 0 Å². The van der Waals surface area contributed by atoms with E-state index in [2.05, 4.69) is 4.74 Å². The van der Waals surface area contributed by atoms with E-state index in [1.165, 1.54) is 0 Å². The first-order chi connectivity index (χ1) is 5.55. The topological polar surface area (TPSA) is 9.23 Å². The zero-order valence-electron chi connectivity index (χ0n) is 6.21. The smallest absolute Gasteiger partial charge is 0.337 e. The van der Waals surface area contributed by atoms with E-state index >= 15 is 0 Å². The van der Waals surface area contributed by atoms with Gasteiger partial charge in [-0.15, -0.1) is 33.2 Å². The van der Waals surface area contributed by atoms with Crippen molar-refractivity contribution < 1.29 is 22.3 Å². The summed E-state index contributed by atoms with van der Waals surface area (Å²) in [6.45, 7) is 1.08. The van der Waals surface area contributed by atoms with Crippen molar-refractivity contribution in [3.63, 3.8) is 0 Å². The zero-order valence-corrected chi connectivity index (χ0v) is 9.48. The second kappa shape index (κ2) is 4.52. The van der Waals surface area contributed by atoms with Crippen LogP contribution in [0.4, 0.5) is 17.6 Å². The Bertz CT molecular complexity index is 152. The molecular weight excluding hydrogens is 274 g/mol. The molecule has 0 aromatic rings. The number of hydrogen-bond acceptors (Lipinski definition) is 1. The molecule has 0 N–H and O–H groups in total. The lowest BCUT2D eigenvalue weighted by Crippen LogP contribution is -2.38. The molecular formula is C4H5Cl3F4OSi. The van der Waals surface area contributed by atoms with E-state index in [1.54, 1.807) is 0 Å². The first kappa shape index (κ1) is 13.8. The Labute approximate surface area is 87.0 Å². The van der Waals surface area contributed by atoms with Gasteiger partial charge in [-0.2, -0.15) is 13.2 Å². The molecule has 13 heavy (non-hydrogen) atoms. The molecule has 0 aromatic heterocycles. The van der Waals surface area contributed by atoms with Gasteiger partial charge in [-0.1, -0.05) is 0 Å². The average molecular weight is 280 g/mol. The fourth-order valence-electron chi connectivity index (χ4n) is 0.334. The fraction of sp³-hybridized carbons (Fsp3) is 1.00. The Balaban J connectivity index is 4.15. The third-order valence-corrected chi connectivity index (χ3v) is 4.87. The van der Waals surface area contributed by atoms with Crippen molar-refractivity contribution in [1.82, 2.24) is 0 Å². The van der Waals surface area contributed by atoms with E-state index < -0.39 is 24.3 Å². The lowest BCUT2D eigenvalue weighted by Gasteiger charge is -2.21. The van der Waals surface area contributed by atoms with Crippen molar-refractivity contribution in [3.8, 4) is 0 Å². The summed E-state index contributed by atoms with van der Waals surface area (Å²) >= 11 is 15.9. The van der Waals surface area contributed by atoms with Crippen LogP contribution >= 0.6 is 33.2 Å². The van der Waals surface area contributed by atoms with Gasteiger partial charge in [0.25, 0.3) is 6.36 Å². The third-order valence-electron chi connectivity index (χ3n) is 1.04. The van der Waals surface area contributed by atoms with Crippen LogP contribution in [0.3, 0.4) is 0 Å². The van der Waals surface area contributed by atoms with Crippen molar-refractivity contribution in [2.24, 2.45) is 0 Å². The molecule has 0 heterocycles. The molecule has 0 spiro atoms. The normalized spacial score (nSPS) is 18.5. The van der Waals surface area contributed by atoms with Crippen molar-refractivity contribution in [1.29, 1.82) is 0 Å². The highest BCUT2D eigenvalue weighted by atomic mass is 35.8. The highest BCUT2D eigenvalue weighted by Gasteiger charge is 2.46. The second-order valence-electron chi connectivity index (χ2n) is 2.18. The SMILES string of the molecule is CC(OC(F)C(F)(F)F)[Si](Cl)(Cl)Cl. The van der Waals surface area contributed by atoms with Crippen LogP contribution < -0.4 is 0 Å². The Morgan fingerprint density at radius 2 is 1.62 bits per heavy atom. The molecule has 0 rings (SSSR count). The van der Waals surface area contributed by atoms with Crippen LogP contribution in [0.2, 0.25) is 0 Å². The Hall–Kier alpha value is 0.767. The zero-order chi connectivity index (χ0) is 10.9. The lowest BCUT2D eigenvalue weighted by molar-refractivity contribution is -0.268. The van der Waals surface area contributed by atoms with Crippen LogP contribution in [0, 0.1) is 0 Å². The van der Waals surface area contributed by atoms with E-state index in [4.69, 9.17) is 33.2 Å². The standard InChI is InChI=1S/C4H5Cl3F4OSi/c1-2(13(5,6)7)12-3(8)4(9,10)11/h2-3H,1H3. The first-order valence-corrected chi connectivity index (χ1v) is 8.09. The highest BCUT2D eigenvalue weighted by molar-refractivity contribution is 7.65. The van der Waals surface area contributed by atoms with Gasteiger partial charge >= 0.3 is 12.2 Å². The predicted molar refractivity (Wildman–Crippen MR) is 44.8 cm³/mol. The summed E-state index contributed by atoms with van der Waals surface area (Å²) in [6, 6.07) is -3.45. The minimum absolute atomic E-state index is 1.08. The number of alkyl halides is 4. The van der Waals surface area contributed by atoms with Crippen LogP contribution in [0.15, 0.2) is 0 Å². The average Bonchev–Trinajstić information content (AvgIpc) is 1.82. The quantitative estimate of drug-likeness (QED) is 0.437. The molecule has 0 aliphatic heterocycles. The molecule has 0 saturated carbocycles. The molecule has 0 saturated heterocycles. The summed E-state index contributed by atoms with van der Waals surface area (Å²) in [4.78, 5) is 0. The van der Waals surface area contributed by atoms with Gasteiger partial charge in [0.1, 0.15) is 0 Å². The minimum atomic E-state index is -5.08. The van der Waals surface area contributed by atoms with Gasteiger partial charge in [0.05, 0.1) is 5.73 Å². The van der Waals surface area contributed by atoms with Crippen molar-refractivity contribution >= 4 is 39.2 Å². The van der Waals surface area contributed by atoms with Gasteiger partial charge in [0, 0.05) is 0 Å². The van der Waals surface area contributed by atoms with Gasteiger partial charge in [0.15, 0.2) is 0 Å². The number of rotatable bonds is 3. The summed E-state index contributed by atoms with van der Waals surface area (Å²) in [5.41, 5.74) is -1.35. The van der Waals surface area contributed by atoms with Gasteiger partial charge < -0.3 is 4.74 Å². The monoisotopic (exact) mass is 278 g/mol. The molecule has 0 aliphatic rings. The van der Waals surface area contributed by atoms with E-state index in [1.807, 2.05) is 0 Å². The molecule has 0 radical (unpaired) electrons. The van der Waals surface area contributed by atoms with Crippen LogP contribution in [0.1, 0.15) is 6.92 Å². The maximum absolute atomic E-state index is 12.2. The lowest BCUT2D eigenvalue weighted by atomic mass is 10.6. The van der Waals surface area contributed by atoms with Crippen LogP contribution in [0.25, 0.3) is 0 Å². The van der Waals surface area contributed by atoms with Crippen LogP contribution in [0.5, 0.6) is 0 Å². The molecule has 0 bridgehead atoms. The van der Waals surface area contributed by atoms with E-state index in [0.29, 0.717) is 0 Å². The van der Waals surface area contributed by atoms with Crippen molar-refractivity contribution in [2.75, 3.05) is 0 Å². The first-order valence-electron chi connectivity index (χ1n) is 2.98. The maximum Gasteiger partial charge on any atom is 0.445 e. The summed E-state index contributed by atoms with van der Waals surface area (Å²) < 4.78 is 50.8. The Morgan fingerprint density at radius 1 is 1.23 bits per heavy atom. The van der Waals surface area contributed by atoms with Gasteiger partial charge in [-0.05, 0) is 6.92 Å². The minimum Gasteiger partial charge on any atom is -0.337 e. The molecule has 0 amide bonds. The molecule has 0 fully saturated rings. The second-order valence-corrected chi connectivity index (χ2v) is 11.2. The highest BCUT2D eigenvalue weighted by Crippen LogP contribution is 2.31. The van der Waals surface area contributed by atoms with E-state index in [9.17, 15) is 17.6 Å². The Morgan fingerprint density at radius 3 is 1.85 bits per heavy atom. The summed E-state index contributed by atoms with van der Waals surface area (Å²) in [7, 11) is 0. The molecule has 1 nitrogen and oxygen atoms in total. The van der Waals surface area contributed by atoms with Crippen LogP contribution in [-0.2, 0) is 4.74 Å². The third kappa shape index (κ3) is 5.26. The summed E-state index contributed by atoms with van der Waals surface area (Å²) in [6.07, 6.45) is -8.50. The molecule has 2 unspecified atom stereocenters. The van der Waals surface area contributed by atoms with Crippen molar-refractivity contribution in [3.05, 3.63) is 0 Å². The number of ether oxygens (including phenoxy) is 1.